The molecule has 116 valence electrons. The number of carbonyl (C=O) groups excluding carboxylic acids is 1. The zero-order valence-electron chi connectivity index (χ0n) is 11.7. The predicted octanol–water partition coefficient (Wildman–Crippen LogP) is 1.36. The van der Waals surface area contributed by atoms with Crippen LogP contribution in [0.3, 0.4) is 0 Å². The molecule has 0 bridgehead atoms. The van der Waals surface area contributed by atoms with Gasteiger partial charge in [0.15, 0.2) is 0 Å². The predicted molar refractivity (Wildman–Crippen MR) is 83.9 cm³/mol. The van der Waals surface area contributed by atoms with Crippen molar-refractivity contribution in [1.82, 2.24) is 4.72 Å². The van der Waals surface area contributed by atoms with E-state index in [0.717, 1.165) is 0 Å². The molecule has 0 unspecified atom stereocenters. The van der Waals surface area contributed by atoms with E-state index in [1.807, 2.05) is 4.72 Å². The lowest BCUT2D eigenvalue weighted by atomic mass is 10.2. The van der Waals surface area contributed by atoms with Crippen LogP contribution < -0.4 is 19.9 Å². The van der Waals surface area contributed by atoms with Crippen LogP contribution in [-0.2, 0) is 10.2 Å². The highest BCUT2D eigenvalue weighted by molar-refractivity contribution is 7.91. The second-order valence-corrected chi connectivity index (χ2v) is 5.80. The maximum atomic E-state index is 11.9. The van der Waals surface area contributed by atoms with Crippen LogP contribution in [0.4, 0.5) is 11.4 Å². The molecule has 0 aromatic heterocycles. The van der Waals surface area contributed by atoms with E-state index in [2.05, 4.69) is 4.72 Å². The van der Waals surface area contributed by atoms with Crippen molar-refractivity contribution in [2.75, 3.05) is 17.6 Å². The van der Waals surface area contributed by atoms with E-state index in [1.54, 1.807) is 12.1 Å². The summed E-state index contributed by atoms with van der Waals surface area (Å²) in [5.41, 5.74) is 6.48. The van der Waals surface area contributed by atoms with E-state index in [0.29, 0.717) is 17.1 Å². The average Bonchev–Trinajstić information content (AvgIpc) is 2.47. The molecular weight excluding hydrogens is 306 g/mol. The van der Waals surface area contributed by atoms with E-state index in [9.17, 15) is 13.2 Å². The number of hydrogen-bond acceptors (Lipinski definition) is 5. The first-order chi connectivity index (χ1) is 10.4. The smallest absolute Gasteiger partial charge is 0.323 e. The lowest BCUT2D eigenvalue weighted by Crippen LogP contribution is -2.35. The van der Waals surface area contributed by atoms with Crippen molar-refractivity contribution < 1.29 is 17.9 Å². The minimum absolute atomic E-state index is 0.189. The Kier molecular flexibility index (Phi) is 4.52. The lowest BCUT2D eigenvalue weighted by molar-refractivity contribution is 0.0981. The molecule has 0 atom stereocenters. The van der Waals surface area contributed by atoms with E-state index in [1.165, 1.54) is 43.5 Å². The van der Waals surface area contributed by atoms with Crippen molar-refractivity contribution in [1.29, 1.82) is 0 Å². The summed E-state index contributed by atoms with van der Waals surface area (Å²) in [6.07, 6.45) is 0. The SMILES string of the molecule is COc1ccc(NS(=O)(=O)NC(=O)c2ccc(N)cc2)cc1. The molecule has 2 rings (SSSR count). The summed E-state index contributed by atoms with van der Waals surface area (Å²) >= 11 is 0. The molecule has 8 heteroatoms. The fourth-order valence-electron chi connectivity index (χ4n) is 1.66. The Balaban J connectivity index is 2.06. The fraction of sp³-hybridized carbons (Fsp3) is 0.0714. The second kappa shape index (κ2) is 6.35. The Morgan fingerprint density at radius 1 is 1.05 bits per heavy atom. The van der Waals surface area contributed by atoms with Gasteiger partial charge in [-0.2, -0.15) is 8.42 Å². The van der Waals surface area contributed by atoms with Crippen molar-refractivity contribution in [2.45, 2.75) is 0 Å². The van der Waals surface area contributed by atoms with Crippen LogP contribution in [0.2, 0.25) is 0 Å². The Bertz CT molecular complexity index is 756. The number of nitrogen functional groups attached to an aromatic ring is 1. The van der Waals surface area contributed by atoms with Crippen LogP contribution in [-0.4, -0.2) is 21.4 Å². The molecule has 7 nitrogen and oxygen atoms in total. The number of hydrogen-bond donors (Lipinski definition) is 3. The molecule has 0 radical (unpaired) electrons. The molecule has 1 amide bonds. The highest BCUT2D eigenvalue weighted by Gasteiger charge is 2.15. The number of nitrogens with two attached hydrogens (primary N) is 1. The number of ether oxygens (including phenoxy) is 1. The summed E-state index contributed by atoms with van der Waals surface area (Å²) < 4.78 is 32.9. The van der Waals surface area contributed by atoms with Gasteiger partial charge in [0.1, 0.15) is 5.75 Å². The van der Waals surface area contributed by atoms with Gasteiger partial charge in [0, 0.05) is 11.3 Å². The van der Waals surface area contributed by atoms with Crippen LogP contribution in [0.1, 0.15) is 10.4 Å². The summed E-state index contributed by atoms with van der Waals surface area (Å²) in [4.78, 5) is 11.9. The van der Waals surface area contributed by atoms with Crippen molar-refractivity contribution in [3.8, 4) is 5.75 Å². The molecule has 2 aromatic rings. The number of anilines is 2. The zero-order valence-corrected chi connectivity index (χ0v) is 12.6. The summed E-state index contributed by atoms with van der Waals surface area (Å²) in [5, 5.41) is 0. The molecule has 0 spiro atoms. The van der Waals surface area contributed by atoms with Gasteiger partial charge in [-0.15, -0.1) is 0 Å². The quantitative estimate of drug-likeness (QED) is 0.720. The second-order valence-electron chi connectivity index (χ2n) is 4.39. The summed E-state index contributed by atoms with van der Waals surface area (Å²) in [7, 11) is -2.53. The molecule has 0 saturated heterocycles. The summed E-state index contributed by atoms with van der Waals surface area (Å²) in [6.45, 7) is 0. The van der Waals surface area contributed by atoms with Crippen LogP contribution in [0.5, 0.6) is 5.75 Å². The van der Waals surface area contributed by atoms with Crippen LogP contribution >= 0.6 is 0 Å². The molecular formula is C14H15N3O4S. The van der Waals surface area contributed by atoms with Gasteiger partial charge >= 0.3 is 10.2 Å². The summed E-state index contributed by atoms with van der Waals surface area (Å²) in [6, 6.07) is 12.1. The molecule has 4 N–H and O–H groups in total. The zero-order chi connectivity index (χ0) is 16.2. The number of carbonyl (C=O) groups is 1. The van der Waals surface area contributed by atoms with Gasteiger partial charge in [-0.25, -0.2) is 4.72 Å². The highest BCUT2D eigenvalue weighted by atomic mass is 32.2. The number of methoxy groups -OCH3 is 1. The third-order valence-corrected chi connectivity index (χ3v) is 3.70. The number of rotatable bonds is 5. The largest absolute Gasteiger partial charge is 0.497 e. The van der Waals surface area contributed by atoms with Crippen LogP contribution in [0, 0.1) is 0 Å². The first-order valence-electron chi connectivity index (χ1n) is 6.24. The monoisotopic (exact) mass is 321 g/mol. The van der Waals surface area contributed by atoms with E-state index in [-0.39, 0.29) is 5.56 Å². The Morgan fingerprint density at radius 2 is 1.64 bits per heavy atom. The van der Waals surface area contributed by atoms with E-state index in [4.69, 9.17) is 10.5 Å². The van der Waals surface area contributed by atoms with Crippen molar-refractivity contribution in [2.24, 2.45) is 0 Å². The lowest BCUT2D eigenvalue weighted by Gasteiger charge is -2.10. The Morgan fingerprint density at radius 3 is 2.18 bits per heavy atom. The number of nitrogens with one attached hydrogen (secondary N) is 2. The van der Waals surface area contributed by atoms with Gasteiger partial charge in [-0.3, -0.25) is 9.52 Å². The van der Waals surface area contributed by atoms with Gasteiger partial charge in [0.05, 0.1) is 12.8 Å². The minimum atomic E-state index is -4.03. The van der Waals surface area contributed by atoms with Gasteiger partial charge in [-0.05, 0) is 48.5 Å². The molecule has 2 aromatic carbocycles. The van der Waals surface area contributed by atoms with Crippen molar-refractivity contribution >= 4 is 27.5 Å². The molecule has 0 aliphatic rings. The Hall–Kier alpha value is -2.74. The van der Waals surface area contributed by atoms with E-state index >= 15 is 0 Å². The molecule has 0 saturated carbocycles. The molecule has 0 aliphatic heterocycles. The normalized spacial score (nSPS) is 10.8. The average molecular weight is 321 g/mol. The standard InChI is InChI=1S/C14H15N3O4S/c1-21-13-8-6-12(7-9-13)16-22(19,20)17-14(18)10-2-4-11(15)5-3-10/h2-9,16H,15H2,1H3,(H,17,18). The highest BCUT2D eigenvalue weighted by Crippen LogP contribution is 2.15. The van der Waals surface area contributed by atoms with Crippen molar-refractivity contribution in [3.63, 3.8) is 0 Å². The Labute approximate surface area is 128 Å². The molecule has 0 aliphatic carbocycles. The minimum Gasteiger partial charge on any atom is -0.497 e. The topological polar surface area (TPSA) is 111 Å². The maximum Gasteiger partial charge on any atom is 0.323 e. The number of amides is 1. The first kappa shape index (κ1) is 15.6. The third-order valence-electron chi connectivity index (χ3n) is 2.74. The van der Waals surface area contributed by atoms with Crippen LogP contribution in [0.25, 0.3) is 0 Å². The van der Waals surface area contributed by atoms with Gasteiger partial charge in [0.2, 0.25) is 0 Å². The van der Waals surface area contributed by atoms with Gasteiger partial charge < -0.3 is 10.5 Å². The first-order valence-corrected chi connectivity index (χ1v) is 7.72. The van der Waals surface area contributed by atoms with Gasteiger partial charge in [0.25, 0.3) is 5.91 Å². The van der Waals surface area contributed by atoms with Crippen LogP contribution in [0.15, 0.2) is 48.5 Å². The van der Waals surface area contributed by atoms with Crippen molar-refractivity contribution in [3.05, 3.63) is 54.1 Å². The summed E-state index contributed by atoms with van der Waals surface area (Å²) in [5.74, 6) is -0.158. The molecule has 22 heavy (non-hydrogen) atoms. The third kappa shape index (κ3) is 4.13. The van der Waals surface area contributed by atoms with Gasteiger partial charge in [-0.1, -0.05) is 0 Å². The number of benzene rings is 2. The van der Waals surface area contributed by atoms with E-state index < -0.39 is 16.1 Å². The maximum absolute atomic E-state index is 11.9. The molecule has 0 heterocycles. The molecule has 0 fully saturated rings. The fourth-order valence-corrected chi connectivity index (χ4v) is 2.51.